The number of carbonyl (C=O) groups excluding carboxylic acids is 1. The third-order valence-electron chi connectivity index (χ3n) is 2.90. The zero-order valence-corrected chi connectivity index (χ0v) is 13.1. The number of carbonyl (C=O) groups is 1. The number of alkyl halides is 3. The van der Waals surface area contributed by atoms with E-state index in [-0.39, 0.29) is 30.4 Å². The van der Waals surface area contributed by atoms with Gasteiger partial charge in [0.1, 0.15) is 12.4 Å². The fourth-order valence-electron chi connectivity index (χ4n) is 1.78. The maximum absolute atomic E-state index is 12.5. The van der Waals surface area contributed by atoms with Crippen LogP contribution in [0.1, 0.15) is 11.1 Å². The summed E-state index contributed by atoms with van der Waals surface area (Å²) in [5.74, 6) is -0.343. The van der Waals surface area contributed by atoms with Gasteiger partial charge < -0.3 is 10.1 Å². The van der Waals surface area contributed by atoms with Crippen molar-refractivity contribution < 1.29 is 22.7 Å². The van der Waals surface area contributed by atoms with E-state index in [9.17, 15) is 18.0 Å². The quantitative estimate of drug-likeness (QED) is 0.633. The van der Waals surface area contributed by atoms with Crippen LogP contribution >= 0.6 is 11.6 Å². The molecule has 2 rings (SSSR count). The highest BCUT2D eigenvalue weighted by molar-refractivity contribution is 6.32. The second-order valence-corrected chi connectivity index (χ2v) is 5.14. The molecule has 2 aromatic rings. The normalized spacial score (nSPS) is 11.2. The van der Waals surface area contributed by atoms with Crippen LogP contribution in [0.3, 0.4) is 0 Å². The van der Waals surface area contributed by atoms with Crippen LogP contribution in [0.5, 0.6) is 0 Å². The molecule has 2 heterocycles. The van der Waals surface area contributed by atoms with Crippen LogP contribution in [0, 0.1) is 0 Å². The molecule has 0 amide bonds. The van der Waals surface area contributed by atoms with Crippen molar-refractivity contribution in [3.63, 3.8) is 0 Å². The zero-order valence-electron chi connectivity index (χ0n) is 12.3. The summed E-state index contributed by atoms with van der Waals surface area (Å²) in [4.78, 5) is 19.1. The first kappa shape index (κ1) is 18.0. The van der Waals surface area contributed by atoms with E-state index in [1.807, 2.05) is 0 Å². The maximum Gasteiger partial charge on any atom is 0.417 e. The van der Waals surface area contributed by atoms with Gasteiger partial charge in [0.15, 0.2) is 0 Å². The van der Waals surface area contributed by atoms with Gasteiger partial charge in [-0.3, -0.25) is 9.78 Å². The van der Waals surface area contributed by atoms with Gasteiger partial charge in [-0.2, -0.15) is 13.2 Å². The minimum absolute atomic E-state index is 0.0259. The lowest BCUT2D eigenvalue weighted by atomic mass is 10.2. The van der Waals surface area contributed by atoms with Crippen molar-refractivity contribution in [3.05, 3.63) is 52.9 Å². The molecule has 0 aliphatic rings. The average molecular weight is 360 g/mol. The third kappa shape index (κ3) is 5.38. The summed E-state index contributed by atoms with van der Waals surface area (Å²) in [6, 6.07) is 4.24. The molecule has 1 N–H and O–H groups in total. The van der Waals surface area contributed by atoms with Gasteiger partial charge >= 0.3 is 12.1 Å². The molecule has 9 heteroatoms. The molecule has 0 radical (unpaired) electrons. The Morgan fingerprint density at radius 1 is 1.33 bits per heavy atom. The minimum Gasteiger partial charge on any atom is -0.464 e. The molecule has 5 nitrogen and oxygen atoms in total. The number of hydrogen-bond donors (Lipinski definition) is 1. The predicted octanol–water partition coefficient (Wildman–Crippen LogP) is 3.35. The van der Waals surface area contributed by atoms with E-state index in [0.717, 1.165) is 11.6 Å². The Hall–Kier alpha value is -2.35. The molecule has 128 valence electrons. The summed E-state index contributed by atoms with van der Waals surface area (Å²) in [7, 11) is 0. The first-order chi connectivity index (χ1) is 11.4. The number of ether oxygens (including phenoxy) is 1. The van der Waals surface area contributed by atoms with Gasteiger partial charge in [0, 0.05) is 18.6 Å². The predicted molar refractivity (Wildman–Crippen MR) is 81.6 cm³/mol. The Bertz CT molecular complexity index is 696. The van der Waals surface area contributed by atoms with Crippen molar-refractivity contribution in [1.82, 2.24) is 9.97 Å². The van der Waals surface area contributed by atoms with Crippen LogP contribution in [-0.2, 0) is 22.1 Å². The van der Waals surface area contributed by atoms with Crippen LogP contribution in [0.2, 0.25) is 5.02 Å². The monoisotopic (exact) mass is 359 g/mol. The SMILES string of the molecule is O=C(Cc1cccnc1)OCCNc1ncc(C(F)(F)F)cc1Cl. The number of anilines is 1. The lowest BCUT2D eigenvalue weighted by Crippen LogP contribution is -2.16. The molecule has 2 aromatic heterocycles. The van der Waals surface area contributed by atoms with Crippen molar-refractivity contribution in [2.45, 2.75) is 12.6 Å². The summed E-state index contributed by atoms with van der Waals surface area (Å²) in [5.41, 5.74) is -0.205. The second kappa shape index (κ2) is 7.96. The number of rotatable bonds is 6. The second-order valence-electron chi connectivity index (χ2n) is 4.74. The summed E-state index contributed by atoms with van der Waals surface area (Å²) in [5, 5.41) is 2.55. The molecule has 0 bridgehead atoms. The van der Waals surface area contributed by atoms with Crippen LogP contribution in [0.25, 0.3) is 0 Å². The van der Waals surface area contributed by atoms with Gasteiger partial charge in [0.05, 0.1) is 23.6 Å². The fraction of sp³-hybridized carbons (Fsp3) is 0.267. The first-order valence-electron chi connectivity index (χ1n) is 6.87. The van der Waals surface area contributed by atoms with Gasteiger partial charge in [-0.25, -0.2) is 4.98 Å². The van der Waals surface area contributed by atoms with E-state index in [0.29, 0.717) is 6.20 Å². The van der Waals surface area contributed by atoms with Crippen LogP contribution in [0.15, 0.2) is 36.8 Å². The fourth-order valence-corrected chi connectivity index (χ4v) is 2.01. The van der Waals surface area contributed by atoms with E-state index < -0.39 is 17.7 Å². The zero-order chi connectivity index (χ0) is 17.6. The number of pyridine rings is 2. The maximum atomic E-state index is 12.5. The van der Waals surface area contributed by atoms with E-state index in [4.69, 9.17) is 16.3 Å². The Morgan fingerprint density at radius 2 is 2.12 bits per heavy atom. The highest BCUT2D eigenvalue weighted by atomic mass is 35.5. The lowest BCUT2D eigenvalue weighted by Gasteiger charge is -2.11. The summed E-state index contributed by atoms with van der Waals surface area (Å²) >= 11 is 5.74. The Morgan fingerprint density at radius 3 is 2.75 bits per heavy atom. The van der Waals surface area contributed by atoms with Crippen molar-refractivity contribution in [2.24, 2.45) is 0 Å². The molecule has 0 aliphatic heterocycles. The van der Waals surface area contributed by atoms with Crippen molar-refractivity contribution in [2.75, 3.05) is 18.5 Å². The number of nitrogens with zero attached hydrogens (tertiary/aromatic N) is 2. The van der Waals surface area contributed by atoms with Crippen molar-refractivity contribution >= 4 is 23.4 Å². The lowest BCUT2D eigenvalue weighted by molar-refractivity contribution is -0.142. The van der Waals surface area contributed by atoms with E-state index in [2.05, 4.69) is 15.3 Å². The summed E-state index contributed by atoms with van der Waals surface area (Å²) in [6.07, 6.45) is -0.572. The molecule has 24 heavy (non-hydrogen) atoms. The standard InChI is InChI=1S/C15H13ClF3N3O2/c16-12-7-11(15(17,18)19)9-22-14(12)21-4-5-24-13(23)6-10-2-1-3-20-8-10/h1-3,7-9H,4-6H2,(H,21,22). The number of halogens is 4. The van der Waals surface area contributed by atoms with E-state index in [1.54, 1.807) is 24.5 Å². The molecule has 0 unspecified atom stereocenters. The van der Waals surface area contributed by atoms with E-state index >= 15 is 0 Å². The highest BCUT2D eigenvalue weighted by Crippen LogP contribution is 2.32. The van der Waals surface area contributed by atoms with Gasteiger partial charge in [0.25, 0.3) is 0 Å². The van der Waals surface area contributed by atoms with Crippen LogP contribution in [-0.4, -0.2) is 29.1 Å². The largest absolute Gasteiger partial charge is 0.464 e. The van der Waals surface area contributed by atoms with E-state index in [1.165, 1.54) is 0 Å². The van der Waals surface area contributed by atoms with Crippen molar-refractivity contribution in [1.29, 1.82) is 0 Å². The number of hydrogen-bond acceptors (Lipinski definition) is 5. The van der Waals surface area contributed by atoms with Gasteiger partial charge in [-0.05, 0) is 17.7 Å². The molecule has 0 atom stereocenters. The van der Waals surface area contributed by atoms with Gasteiger partial charge in [0.2, 0.25) is 0 Å². The molecule has 0 saturated heterocycles. The number of esters is 1. The van der Waals surface area contributed by atoms with Crippen molar-refractivity contribution in [3.8, 4) is 0 Å². The Labute approximate surface area is 140 Å². The average Bonchev–Trinajstić information content (AvgIpc) is 2.52. The molecule has 0 fully saturated rings. The Balaban J connectivity index is 1.77. The topological polar surface area (TPSA) is 64.1 Å². The molecule has 0 aliphatic carbocycles. The number of nitrogens with one attached hydrogen (secondary N) is 1. The first-order valence-corrected chi connectivity index (χ1v) is 7.25. The smallest absolute Gasteiger partial charge is 0.417 e. The van der Waals surface area contributed by atoms with Gasteiger partial charge in [-0.1, -0.05) is 17.7 Å². The minimum atomic E-state index is -4.50. The third-order valence-corrected chi connectivity index (χ3v) is 3.19. The molecular formula is C15H13ClF3N3O2. The molecular weight excluding hydrogens is 347 g/mol. The molecule has 0 spiro atoms. The summed E-state index contributed by atoms with van der Waals surface area (Å²) < 4.78 is 42.5. The Kier molecular flexibility index (Phi) is 5.97. The van der Waals surface area contributed by atoms with Crippen LogP contribution in [0.4, 0.5) is 19.0 Å². The molecule has 0 saturated carbocycles. The highest BCUT2D eigenvalue weighted by Gasteiger charge is 2.31. The number of aromatic nitrogens is 2. The molecule has 0 aromatic carbocycles. The van der Waals surface area contributed by atoms with Crippen LogP contribution < -0.4 is 5.32 Å². The van der Waals surface area contributed by atoms with Gasteiger partial charge in [-0.15, -0.1) is 0 Å². The summed E-state index contributed by atoms with van der Waals surface area (Å²) in [6.45, 7) is 0.189.